The van der Waals surface area contributed by atoms with Gasteiger partial charge in [0, 0.05) is 18.9 Å². The topological polar surface area (TPSA) is 97.4 Å². The number of ether oxygens (including phenoxy) is 5. The highest BCUT2D eigenvalue weighted by molar-refractivity contribution is 5.87. The highest BCUT2D eigenvalue weighted by Gasteiger charge is 2.75. The Labute approximate surface area is 200 Å². The lowest BCUT2D eigenvalue weighted by Crippen LogP contribution is -2.71. The van der Waals surface area contributed by atoms with Gasteiger partial charge < -0.3 is 23.7 Å². The van der Waals surface area contributed by atoms with Gasteiger partial charge in [-0.25, -0.2) is 4.79 Å². The molecule has 0 aromatic heterocycles. The van der Waals surface area contributed by atoms with Crippen molar-refractivity contribution in [3.63, 3.8) is 0 Å². The lowest BCUT2D eigenvalue weighted by atomic mass is 9.38. The van der Waals surface area contributed by atoms with Crippen LogP contribution in [0.1, 0.15) is 77.6 Å². The Kier molecular flexibility index (Phi) is 6.25. The van der Waals surface area contributed by atoms with Crippen LogP contribution < -0.4 is 0 Å². The summed E-state index contributed by atoms with van der Waals surface area (Å²) in [6, 6.07) is 0. The minimum Gasteiger partial charge on any atom is -0.457 e. The molecule has 4 aliphatic carbocycles. The van der Waals surface area contributed by atoms with Crippen LogP contribution in [-0.4, -0.2) is 49.8 Å². The number of carbonyl (C=O) groups excluding carboxylic acids is 3. The second kappa shape index (κ2) is 8.94. The summed E-state index contributed by atoms with van der Waals surface area (Å²) < 4.78 is 29.0. The number of rotatable bonds is 6. The van der Waals surface area contributed by atoms with Crippen molar-refractivity contribution in [1.29, 1.82) is 0 Å². The Bertz CT molecular complexity index is 790. The fourth-order valence-corrected chi connectivity index (χ4v) is 7.74. The fourth-order valence-electron chi connectivity index (χ4n) is 7.74. The van der Waals surface area contributed by atoms with Crippen molar-refractivity contribution in [2.75, 3.05) is 13.2 Å². The zero-order chi connectivity index (χ0) is 24.0. The fraction of sp³-hybridized carbons (Fsp3) is 0.808. The van der Waals surface area contributed by atoms with Crippen molar-refractivity contribution in [3.8, 4) is 0 Å². The summed E-state index contributed by atoms with van der Waals surface area (Å²) >= 11 is 0. The van der Waals surface area contributed by atoms with Crippen molar-refractivity contribution < 1.29 is 38.1 Å². The van der Waals surface area contributed by atoms with E-state index in [4.69, 9.17) is 23.7 Å². The summed E-state index contributed by atoms with van der Waals surface area (Å²) in [4.78, 5) is 40.2. The molecule has 2 heterocycles. The van der Waals surface area contributed by atoms with Crippen molar-refractivity contribution in [3.05, 3.63) is 12.7 Å². The molecule has 188 valence electrons. The van der Waals surface area contributed by atoms with E-state index in [1.165, 1.54) is 0 Å². The summed E-state index contributed by atoms with van der Waals surface area (Å²) in [6.07, 6.45) is 6.93. The molecule has 8 heteroatoms. The van der Waals surface area contributed by atoms with Gasteiger partial charge >= 0.3 is 17.9 Å². The lowest BCUT2D eigenvalue weighted by Gasteiger charge is -2.66. The Morgan fingerprint density at radius 1 is 0.824 bits per heavy atom. The van der Waals surface area contributed by atoms with E-state index in [0.717, 1.165) is 38.2 Å². The van der Waals surface area contributed by atoms with E-state index < -0.39 is 47.4 Å². The Hall–Kier alpha value is -1.93. The van der Waals surface area contributed by atoms with Gasteiger partial charge in [0.1, 0.15) is 16.9 Å². The summed E-state index contributed by atoms with van der Waals surface area (Å²) in [5.41, 5.74) is -2.47. The maximum atomic E-state index is 13.8. The predicted octanol–water partition coefficient (Wildman–Crippen LogP) is 3.81. The first kappa shape index (κ1) is 23.8. The van der Waals surface area contributed by atoms with Gasteiger partial charge in [0.25, 0.3) is 0 Å². The lowest BCUT2D eigenvalue weighted by molar-refractivity contribution is -0.268. The van der Waals surface area contributed by atoms with Crippen LogP contribution in [0.25, 0.3) is 0 Å². The van der Waals surface area contributed by atoms with Crippen molar-refractivity contribution in [1.82, 2.24) is 0 Å². The second-order valence-corrected chi connectivity index (χ2v) is 11.4. The monoisotopic (exact) mass is 476 g/mol. The first-order chi connectivity index (χ1) is 16.3. The summed E-state index contributed by atoms with van der Waals surface area (Å²) in [5, 5.41) is 0. The Morgan fingerprint density at radius 2 is 1.35 bits per heavy atom. The van der Waals surface area contributed by atoms with Crippen LogP contribution in [0.5, 0.6) is 0 Å². The molecule has 2 saturated heterocycles. The summed E-state index contributed by atoms with van der Waals surface area (Å²) in [5.74, 6) is -1.36. The molecule has 0 radical (unpaired) electrons. The van der Waals surface area contributed by atoms with Gasteiger partial charge in [-0.3, -0.25) is 9.59 Å². The molecule has 6 rings (SSSR count). The quantitative estimate of drug-likeness (QED) is 0.324. The van der Waals surface area contributed by atoms with Gasteiger partial charge in [-0.15, -0.1) is 0 Å². The molecule has 0 aromatic rings. The number of esters is 3. The SMILES string of the molecule is C=CC(=O)OC1C2(C(=O)OC3CCCCO3)CC3CC(C)(C2)CC1(C(=O)OC1CCCCO1)C3. The van der Waals surface area contributed by atoms with Crippen LogP contribution in [0.4, 0.5) is 0 Å². The van der Waals surface area contributed by atoms with E-state index in [1.54, 1.807) is 0 Å². The smallest absolute Gasteiger partial charge is 0.330 e. The maximum Gasteiger partial charge on any atom is 0.330 e. The molecular weight excluding hydrogens is 440 g/mol. The maximum absolute atomic E-state index is 13.8. The molecule has 0 N–H and O–H groups in total. The Morgan fingerprint density at radius 3 is 1.76 bits per heavy atom. The minimum atomic E-state index is -1.11. The molecule has 0 spiro atoms. The van der Waals surface area contributed by atoms with Crippen LogP contribution in [0.2, 0.25) is 0 Å². The molecule has 4 atom stereocenters. The molecule has 34 heavy (non-hydrogen) atoms. The van der Waals surface area contributed by atoms with Gasteiger partial charge in [0.05, 0.1) is 13.2 Å². The second-order valence-electron chi connectivity index (χ2n) is 11.4. The van der Waals surface area contributed by atoms with E-state index in [0.29, 0.717) is 51.7 Å². The predicted molar refractivity (Wildman–Crippen MR) is 119 cm³/mol. The normalized spacial score (nSPS) is 43.1. The third kappa shape index (κ3) is 4.06. The van der Waals surface area contributed by atoms with Gasteiger partial charge in [-0.05, 0) is 69.1 Å². The first-order valence-electron chi connectivity index (χ1n) is 12.8. The molecule has 6 aliphatic rings. The molecular formula is C26H36O8. The van der Waals surface area contributed by atoms with E-state index in [1.807, 2.05) is 0 Å². The number of hydrogen-bond donors (Lipinski definition) is 0. The Balaban J connectivity index is 1.49. The molecule has 2 aliphatic heterocycles. The van der Waals surface area contributed by atoms with Crippen LogP contribution >= 0.6 is 0 Å². The largest absolute Gasteiger partial charge is 0.457 e. The molecule has 4 saturated carbocycles. The van der Waals surface area contributed by atoms with Crippen LogP contribution in [0, 0.1) is 22.2 Å². The highest BCUT2D eigenvalue weighted by Crippen LogP contribution is 2.71. The van der Waals surface area contributed by atoms with E-state index in [2.05, 4.69) is 13.5 Å². The van der Waals surface area contributed by atoms with Gasteiger partial charge in [-0.1, -0.05) is 13.5 Å². The third-order valence-corrected chi connectivity index (χ3v) is 8.54. The van der Waals surface area contributed by atoms with E-state index in [9.17, 15) is 14.4 Å². The van der Waals surface area contributed by atoms with Crippen LogP contribution in [-0.2, 0) is 38.1 Å². The molecule has 0 aromatic carbocycles. The van der Waals surface area contributed by atoms with Crippen molar-refractivity contribution >= 4 is 17.9 Å². The molecule has 6 fully saturated rings. The first-order valence-corrected chi connectivity index (χ1v) is 12.8. The highest BCUT2D eigenvalue weighted by atomic mass is 16.7. The summed E-state index contributed by atoms with van der Waals surface area (Å²) in [7, 11) is 0. The third-order valence-electron chi connectivity index (χ3n) is 8.54. The van der Waals surface area contributed by atoms with E-state index in [-0.39, 0.29) is 11.3 Å². The van der Waals surface area contributed by atoms with E-state index >= 15 is 0 Å². The zero-order valence-corrected chi connectivity index (χ0v) is 20.1. The summed E-state index contributed by atoms with van der Waals surface area (Å²) in [6.45, 7) is 6.77. The van der Waals surface area contributed by atoms with Crippen LogP contribution in [0.15, 0.2) is 12.7 Å². The molecule has 8 nitrogen and oxygen atoms in total. The minimum absolute atomic E-state index is 0.144. The average molecular weight is 477 g/mol. The van der Waals surface area contributed by atoms with Crippen LogP contribution in [0.3, 0.4) is 0 Å². The molecule has 4 unspecified atom stereocenters. The van der Waals surface area contributed by atoms with Gasteiger partial charge in [-0.2, -0.15) is 0 Å². The zero-order valence-electron chi connectivity index (χ0n) is 20.1. The van der Waals surface area contributed by atoms with Gasteiger partial charge in [0.15, 0.2) is 0 Å². The number of hydrogen-bond acceptors (Lipinski definition) is 8. The number of carbonyl (C=O) groups is 3. The standard InChI is InChI=1S/C26H36O8/c1-3-18(27)32-21-25(22(28)33-19-8-4-6-10-30-19)13-17-12-24(2,15-25)16-26(21,14-17)23(29)34-20-9-5-7-11-31-20/h3,17,19-21H,1,4-16H2,2H3. The molecule has 0 amide bonds. The molecule has 4 bridgehead atoms. The average Bonchev–Trinajstić information content (AvgIpc) is 2.81. The van der Waals surface area contributed by atoms with Crippen molar-refractivity contribution in [2.24, 2.45) is 22.2 Å². The van der Waals surface area contributed by atoms with Gasteiger partial charge in [0.2, 0.25) is 12.6 Å². The van der Waals surface area contributed by atoms with Crippen molar-refractivity contribution in [2.45, 2.75) is 96.2 Å².